The summed E-state index contributed by atoms with van der Waals surface area (Å²) in [5.41, 5.74) is 0. The van der Waals surface area contributed by atoms with Gasteiger partial charge in [0.15, 0.2) is 0 Å². The standard InChI is InChI=1S/C18H27N3O3/c1-14-4-2-7-20(11-14)8-6-19-18(23)15-10-17(22)21(12-15)13-16-5-3-9-24-16/h3,5,9,14-15H,2,4,6-8,10-13H2,1H3,(H,19,23)/t14-,15+/m1/s1. The highest BCUT2D eigenvalue weighted by molar-refractivity contribution is 5.89. The van der Waals surface area contributed by atoms with Gasteiger partial charge < -0.3 is 19.5 Å². The molecule has 0 aliphatic carbocycles. The van der Waals surface area contributed by atoms with Gasteiger partial charge in [0.25, 0.3) is 0 Å². The molecule has 2 aliphatic rings. The SMILES string of the molecule is C[C@@H]1CCCN(CCNC(=O)[C@H]2CC(=O)N(Cc3ccco3)C2)C1. The highest BCUT2D eigenvalue weighted by atomic mass is 16.3. The number of rotatable bonds is 6. The van der Waals surface area contributed by atoms with Crippen LogP contribution < -0.4 is 5.32 Å². The Morgan fingerprint density at radius 1 is 1.42 bits per heavy atom. The average Bonchev–Trinajstić information content (AvgIpc) is 3.18. The van der Waals surface area contributed by atoms with Gasteiger partial charge in [-0.2, -0.15) is 0 Å². The van der Waals surface area contributed by atoms with E-state index in [4.69, 9.17) is 4.42 Å². The van der Waals surface area contributed by atoms with Crippen LogP contribution in [0.2, 0.25) is 0 Å². The molecule has 6 heteroatoms. The molecule has 2 atom stereocenters. The minimum atomic E-state index is -0.243. The molecule has 24 heavy (non-hydrogen) atoms. The van der Waals surface area contributed by atoms with Crippen molar-refractivity contribution in [1.29, 1.82) is 0 Å². The maximum absolute atomic E-state index is 12.3. The molecule has 2 aliphatic heterocycles. The molecule has 6 nitrogen and oxygen atoms in total. The van der Waals surface area contributed by atoms with Crippen LogP contribution in [0.15, 0.2) is 22.8 Å². The summed E-state index contributed by atoms with van der Waals surface area (Å²) in [6.45, 7) is 7.00. The Morgan fingerprint density at radius 3 is 3.04 bits per heavy atom. The number of hydrogen-bond acceptors (Lipinski definition) is 4. The van der Waals surface area contributed by atoms with Crippen LogP contribution in [-0.2, 0) is 16.1 Å². The van der Waals surface area contributed by atoms with Crippen LogP contribution in [-0.4, -0.2) is 54.3 Å². The monoisotopic (exact) mass is 333 g/mol. The summed E-state index contributed by atoms with van der Waals surface area (Å²) in [7, 11) is 0. The molecule has 0 bridgehead atoms. The molecular formula is C18H27N3O3. The van der Waals surface area contributed by atoms with Crippen LogP contribution in [0.25, 0.3) is 0 Å². The van der Waals surface area contributed by atoms with Crippen molar-refractivity contribution in [1.82, 2.24) is 15.1 Å². The van der Waals surface area contributed by atoms with Crippen molar-refractivity contribution in [3.63, 3.8) is 0 Å². The van der Waals surface area contributed by atoms with Gasteiger partial charge in [0.05, 0.1) is 18.7 Å². The first-order valence-electron chi connectivity index (χ1n) is 8.92. The fourth-order valence-electron chi connectivity index (χ4n) is 3.66. The van der Waals surface area contributed by atoms with E-state index in [9.17, 15) is 9.59 Å². The van der Waals surface area contributed by atoms with E-state index in [-0.39, 0.29) is 17.7 Å². The highest BCUT2D eigenvalue weighted by Crippen LogP contribution is 2.20. The van der Waals surface area contributed by atoms with Gasteiger partial charge >= 0.3 is 0 Å². The maximum atomic E-state index is 12.3. The first-order valence-corrected chi connectivity index (χ1v) is 8.92. The third-order valence-corrected chi connectivity index (χ3v) is 4.98. The van der Waals surface area contributed by atoms with E-state index in [1.165, 1.54) is 12.8 Å². The van der Waals surface area contributed by atoms with Crippen molar-refractivity contribution in [2.45, 2.75) is 32.7 Å². The Kier molecular flexibility index (Phi) is 5.56. The quantitative estimate of drug-likeness (QED) is 0.856. The molecule has 0 spiro atoms. The van der Waals surface area contributed by atoms with Gasteiger partial charge in [-0.15, -0.1) is 0 Å². The molecule has 1 aromatic heterocycles. The second-order valence-electron chi connectivity index (χ2n) is 7.09. The van der Waals surface area contributed by atoms with E-state index >= 15 is 0 Å². The molecule has 2 fully saturated rings. The second kappa shape index (κ2) is 7.83. The van der Waals surface area contributed by atoms with Crippen molar-refractivity contribution in [2.24, 2.45) is 11.8 Å². The Hall–Kier alpha value is -1.82. The largest absolute Gasteiger partial charge is 0.467 e. The predicted molar refractivity (Wildman–Crippen MR) is 90.1 cm³/mol. The third kappa shape index (κ3) is 4.38. The summed E-state index contributed by atoms with van der Waals surface area (Å²) >= 11 is 0. The smallest absolute Gasteiger partial charge is 0.225 e. The van der Waals surface area contributed by atoms with E-state index < -0.39 is 0 Å². The number of carbonyl (C=O) groups excluding carboxylic acids is 2. The van der Waals surface area contributed by atoms with E-state index in [1.54, 1.807) is 11.2 Å². The van der Waals surface area contributed by atoms with Crippen molar-refractivity contribution in [2.75, 3.05) is 32.7 Å². The Labute approximate surface area is 143 Å². The van der Waals surface area contributed by atoms with E-state index in [2.05, 4.69) is 17.1 Å². The molecule has 0 unspecified atom stereocenters. The van der Waals surface area contributed by atoms with Crippen LogP contribution in [0.1, 0.15) is 31.9 Å². The molecule has 0 radical (unpaired) electrons. The Bertz CT molecular complexity index is 558. The number of piperidine rings is 1. The Morgan fingerprint density at radius 2 is 2.29 bits per heavy atom. The molecule has 0 aromatic carbocycles. The van der Waals surface area contributed by atoms with Crippen LogP contribution in [0.3, 0.4) is 0 Å². The zero-order valence-electron chi connectivity index (χ0n) is 14.4. The zero-order valence-corrected chi connectivity index (χ0v) is 14.4. The molecule has 0 saturated carbocycles. The minimum absolute atomic E-state index is 0.00430. The summed E-state index contributed by atoms with van der Waals surface area (Å²) in [4.78, 5) is 28.5. The van der Waals surface area contributed by atoms with Gasteiger partial charge in [-0.25, -0.2) is 0 Å². The van der Waals surface area contributed by atoms with Crippen molar-refractivity contribution >= 4 is 11.8 Å². The van der Waals surface area contributed by atoms with Gasteiger partial charge in [-0.05, 0) is 37.4 Å². The van der Waals surface area contributed by atoms with Crippen molar-refractivity contribution in [3.8, 4) is 0 Å². The molecule has 3 rings (SSSR count). The van der Waals surface area contributed by atoms with E-state index in [1.807, 2.05) is 12.1 Å². The molecule has 1 aromatic rings. The number of carbonyl (C=O) groups is 2. The lowest BCUT2D eigenvalue weighted by molar-refractivity contribution is -0.129. The van der Waals surface area contributed by atoms with Crippen LogP contribution >= 0.6 is 0 Å². The number of furan rings is 1. The lowest BCUT2D eigenvalue weighted by atomic mass is 10.0. The first kappa shape index (κ1) is 17.0. The molecule has 1 N–H and O–H groups in total. The van der Waals surface area contributed by atoms with Crippen LogP contribution in [0.5, 0.6) is 0 Å². The van der Waals surface area contributed by atoms with Gasteiger partial charge in [0, 0.05) is 32.6 Å². The summed E-state index contributed by atoms with van der Waals surface area (Å²) in [6, 6.07) is 3.65. The lowest BCUT2D eigenvalue weighted by Crippen LogP contribution is -2.41. The number of likely N-dealkylation sites (tertiary alicyclic amines) is 2. The maximum Gasteiger partial charge on any atom is 0.225 e. The van der Waals surface area contributed by atoms with Gasteiger partial charge in [-0.3, -0.25) is 9.59 Å². The van der Waals surface area contributed by atoms with E-state index in [0.717, 1.165) is 31.3 Å². The summed E-state index contributed by atoms with van der Waals surface area (Å²) < 4.78 is 5.28. The third-order valence-electron chi connectivity index (χ3n) is 4.98. The predicted octanol–water partition coefficient (Wildman–Crippen LogP) is 1.48. The van der Waals surface area contributed by atoms with Gasteiger partial charge in [0.1, 0.15) is 5.76 Å². The van der Waals surface area contributed by atoms with Gasteiger partial charge in [-0.1, -0.05) is 6.92 Å². The molecule has 2 saturated heterocycles. The molecular weight excluding hydrogens is 306 g/mol. The number of amides is 2. The normalized spacial score (nSPS) is 25.2. The molecule has 2 amide bonds. The summed E-state index contributed by atoms with van der Waals surface area (Å²) in [5, 5.41) is 3.00. The lowest BCUT2D eigenvalue weighted by Gasteiger charge is -2.30. The number of nitrogens with zero attached hydrogens (tertiary/aromatic N) is 2. The fraction of sp³-hybridized carbons (Fsp3) is 0.667. The van der Waals surface area contributed by atoms with Crippen molar-refractivity contribution in [3.05, 3.63) is 24.2 Å². The van der Waals surface area contributed by atoms with E-state index in [0.29, 0.717) is 26.1 Å². The van der Waals surface area contributed by atoms with Crippen LogP contribution in [0.4, 0.5) is 0 Å². The Balaban J connectivity index is 1.40. The minimum Gasteiger partial charge on any atom is -0.467 e. The number of nitrogens with one attached hydrogen (secondary N) is 1. The summed E-state index contributed by atoms with van der Waals surface area (Å²) in [5.74, 6) is 1.28. The summed E-state index contributed by atoms with van der Waals surface area (Å²) in [6.07, 6.45) is 4.45. The second-order valence-corrected chi connectivity index (χ2v) is 7.09. The van der Waals surface area contributed by atoms with Gasteiger partial charge in [0.2, 0.25) is 11.8 Å². The average molecular weight is 333 g/mol. The highest BCUT2D eigenvalue weighted by Gasteiger charge is 2.34. The zero-order chi connectivity index (χ0) is 16.9. The van der Waals surface area contributed by atoms with Crippen molar-refractivity contribution < 1.29 is 14.0 Å². The molecule has 132 valence electrons. The molecule has 3 heterocycles. The fourth-order valence-corrected chi connectivity index (χ4v) is 3.66. The topological polar surface area (TPSA) is 65.8 Å². The first-order chi connectivity index (χ1) is 11.6. The number of hydrogen-bond donors (Lipinski definition) is 1. The van der Waals surface area contributed by atoms with Crippen LogP contribution in [0, 0.1) is 11.8 Å².